The molecular formula is C10H14F2O3Si. The van der Waals surface area contributed by atoms with E-state index in [2.05, 4.69) is 0 Å². The second-order valence-electron chi connectivity index (χ2n) is 3.37. The Balaban J connectivity index is 2.64. The second kappa shape index (κ2) is 5.49. The number of halogens is 2. The summed E-state index contributed by atoms with van der Waals surface area (Å²) in [4.78, 5) is 9.74. The molecule has 0 heterocycles. The van der Waals surface area contributed by atoms with Crippen LogP contribution in [0.15, 0.2) is 18.2 Å². The number of aryl methyl sites for hydroxylation is 1. The van der Waals surface area contributed by atoms with Crippen molar-refractivity contribution in [3.05, 3.63) is 35.4 Å². The number of hydrogen-bond donors (Lipinski definition) is 1. The molecule has 0 aliphatic carbocycles. The molecule has 0 bridgehead atoms. The van der Waals surface area contributed by atoms with Crippen LogP contribution in [0.4, 0.5) is 8.78 Å². The molecule has 0 amide bonds. The van der Waals surface area contributed by atoms with Crippen LogP contribution < -0.4 is 0 Å². The van der Waals surface area contributed by atoms with Crippen LogP contribution in [0, 0.1) is 11.6 Å². The topological polar surface area (TPSA) is 38.7 Å². The lowest BCUT2D eigenvalue weighted by Gasteiger charge is -2.19. The molecule has 0 fully saturated rings. The monoisotopic (exact) mass is 248 g/mol. The summed E-state index contributed by atoms with van der Waals surface area (Å²) in [6, 6.07) is 3.91. The summed E-state index contributed by atoms with van der Waals surface area (Å²) in [6.07, 6.45) is 0.377. The van der Waals surface area contributed by atoms with Crippen LogP contribution in [-0.4, -0.2) is 27.8 Å². The molecule has 3 nitrogen and oxygen atoms in total. The quantitative estimate of drug-likeness (QED) is 0.807. The molecule has 1 aromatic carbocycles. The van der Waals surface area contributed by atoms with E-state index >= 15 is 0 Å². The molecule has 0 spiro atoms. The molecule has 0 saturated heterocycles. The van der Waals surface area contributed by atoms with Crippen molar-refractivity contribution in [2.75, 3.05) is 14.2 Å². The molecule has 6 heteroatoms. The molecule has 90 valence electrons. The highest BCUT2D eigenvalue weighted by Crippen LogP contribution is 2.15. The maximum atomic E-state index is 12.9. The van der Waals surface area contributed by atoms with Crippen molar-refractivity contribution < 1.29 is 22.4 Å². The van der Waals surface area contributed by atoms with E-state index in [9.17, 15) is 13.6 Å². The van der Waals surface area contributed by atoms with Gasteiger partial charge in [0.1, 0.15) is 0 Å². The standard InChI is InChI=1S/C10H14F2O3Si/c1-14-16(13,15-2)6-5-8-3-4-9(11)10(12)7-8/h3-4,7,13H,5-6H2,1-2H3. The average Bonchev–Trinajstić information content (AvgIpc) is 2.30. The van der Waals surface area contributed by atoms with E-state index < -0.39 is 20.4 Å². The third-order valence-electron chi connectivity index (χ3n) is 2.35. The molecule has 1 rings (SSSR count). The van der Waals surface area contributed by atoms with Crippen LogP contribution in [0.5, 0.6) is 0 Å². The predicted octanol–water partition coefficient (Wildman–Crippen LogP) is 1.73. The van der Waals surface area contributed by atoms with Gasteiger partial charge in [0.25, 0.3) is 0 Å². The van der Waals surface area contributed by atoms with Crippen LogP contribution in [0.2, 0.25) is 6.04 Å². The Hall–Kier alpha value is -0.823. The van der Waals surface area contributed by atoms with Crippen LogP contribution in [-0.2, 0) is 15.3 Å². The summed E-state index contributed by atoms with van der Waals surface area (Å²) in [5.41, 5.74) is 0.596. The molecule has 0 aliphatic rings. The van der Waals surface area contributed by atoms with Crippen molar-refractivity contribution in [3.63, 3.8) is 0 Å². The molecule has 0 saturated carbocycles. The number of benzene rings is 1. The minimum absolute atomic E-state index is 0.269. The average molecular weight is 248 g/mol. The Morgan fingerprint density at radius 2 is 1.81 bits per heavy atom. The van der Waals surface area contributed by atoms with Crippen molar-refractivity contribution in [2.24, 2.45) is 0 Å². The summed E-state index contributed by atoms with van der Waals surface area (Å²) in [6.45, 7) is 0. The zero-order chi connectivity index (χ0) is 12.2. The Labute approximate surface area is 94.0 Å². The van der Waals surface area contributed by atoms with Crippen LogP contribution >= 0.6 is 0 Å². The van der Waals surface area contributed by atoms with Gasteiger partial charge >= 0.3 is 8.80 Å². The zero-order valence-electron chi connectivity index (χ0n) is 9.17. The predicted molar refractivity (Wildman–Crippen MR) is 56.9 cm³/mol. The Morgan fingerprint density at radius 1 is 1.19 bits per heavy atom. The second-order valence-corrected chi connectivity index (χ2v) is 6.11. The molecule has 0 unspecified atom stereocenters. The first-order valence-electron chi connectivity index (χ1n) is 4.77. The van der Waals surface area contributed by atoms with Crippen molar-refractivity contribution >= 4 is 8.80 Å². The number of rotatable bonds is 5. The van der Waals surface area contributed by atoms with Gasteiger partial charge in [0.2, 0.25) is 0 Å². The highest BCUT2D eigenvalue weighted by molar-refractivity contribution is 6.59. The molecule has 1 aromatic rings. The molecule has 0 atom stereocenters. The lowest BCUT2D eigenvalue weighted by Crippen LogP contribution is -2.40. The van der Waals surface area contributed by atoms with E-state index in [-0.39, 0.29) is 6.04 Å². The fraction of sp³-hybridized carbons (Fsp3) is 0.400. The van der Waals surface area contributed by atoms with Gasteiger partial charge < -0.3 is 13.6 Å². The fourth-order valence-corrected chi connectivity index (χ4v) is 2.46. The van der Waals surface area contributed by atoms with Gasteiger partial charge in [-0.2, -0.15) is 0 Å². The SMILES string of the molecule is CO[Si](O)(CCc1ccc(F)c(F)c1)OC. The maximum Gasteiger partial charge on any atom is 0.498 e. The van der Waals surface area contributed by atoms with Gasteiger partial charge in [-0.15, -0.1) is 0 Å². The van der Waals surface area contributed by atoms with Gasteiger partial charge in [-0.25, -0.2) is 8.78 Å². The largest absolute Gasteiger partial charge is 0.498 e. The van der Waals surface area contributed by atoms with Crippen molar-refractivity contribution in [1.29, 1.82) is 0 Å². The molecule has 1 N–H and O–H groups in total. The summed E-state index contributed by atoms with van der Waals surface area (Å²) in [5.74, 6) is -1.77. The highest BCUT2D eigenvalue weighted by atomic mass is 28.4. The number of hydrogen-bond acceptors (Lipinski definition) is 3. The first-order valence-corrected chi connectivity index (χ1v) is 6.74. The highest BCUT2D eigenvalue weighted by Gasteiger charge is 2.33. The molecular weight excluding hydrogens is 234 g/mol. The molecule has 16 heavy (non-hydrogen) atoms. The Bertz CT molecular complexity index is 356. The van der Waals surface area contributed by atoms with Gasteiger partial charge in [-0.05, 0) is 24.1 Å². The van der Waals surface area contributed by atoms with Crippen molar-refractivity contribution in [2.45, 2.75) is 12.5 Å². The first-order chi connectivity index (χ1) is 7.50. The van der Waals surface area contributed by atoms with Gasteiger partial charge in [0.15, 0.2) is 11.6 Å². The van der Waals surface area contributed by atoms with Gasteiger partial charge in [-0.3, -0.25) is 0 Å². The Kier molecular flexibility index (Phi) is 4.54. The minimum Gasteiger partial charge on any atom is -0.390 e. The smallest absolute Gasteiger partial charge is 0.390 e. The molecule has 0 radical (unpaired) electrons. The van der Waals surface area contributed by atoms with E-state index in [0.29, 0.717) is 12.0 Å². The third kappa shape index (κ3) is 3.34. The summed E-state index contributed by atoms with van der Waals surface area (Å²) >= 11 is 0. The van der Waals surface area contributed by atoms with Crippen molar-refractivity contribution in [1.82, 2.24) is 0 Å². The van der Waals surface area contributed by atoms with Crippen LogP contribution in [0.25, 0.3) is 0 Å². The van der Waals surface area contributed by atoms with Crippen molar-refractivity contribution in [3.8, 4) is 0 Å². The zero-order valence-corrected chi connectivity index (χ0v) is 10.2. The van der Waals surface area contributed by atoms with E-state index in [1.807, 2.05) is 0 Å². The van der Waals surface area contributed by atoms with Crippen LogP contribution in [0.1, 0.15) is 5.56 Å². The summed E-state index contributed by atoms with van der Waals surface area (Å²) in [7, 11) is -0.403. The van der Waals surface area contributed by atoms with Crippen LogP contribution in [0.3, 0.4) is 0 Å². The summed E-state index contributed by atoms with van der Waals surface area (Å²) < 4.78 is 35.2. The third-order valence-corrected chi connectivity index (χ3v) is 4.51. The van der Waals surface area contributed by atoms with Gasteiger partial charge in [0, 0.05) is 20.3 Å². The summed E-state index contributed by atoms with van der Waals surface area (Å²) in [5, 5.41) is 0. The fourth-order valence-electron chi connectivity index (χ4n) is 1.28. The molecule has 0 aromatic heterocycles. The normalized spacial score (nSPS) is 11.8. The van der Waals surface area contributed by atoms with E-state index in [0.717, 1.165) is 12.1 Å². The molecule has 0 aliphatic heterocycles. The first kappa shape index (κ1) is 13.2. The maximum absolute atomic E-state index is 12.9. The van der Waals surface area contributed by atoms with E-state index in [4.69, 9.17) is 8.85 Å². The van der Waals surface area contributed by atoms with E-state index in [1.165, 1.54) is 20.3 Å². The lowest BCUT2D eigenvalue weighted by molar-refractivity contribution is 0.151. The lowest BCUT2D eigenvalue weighted by atomic mass is 10.2. The van der Waals surface area contributed by atoms with Gasteiger partial charge in [0.05, 0.1) is 0 Å². The van der Waals surface area contributed by atoms with Gasteiger partial charge in [-0.1, -0.05) is 6.07 Å². The minimum atomic E-state index is -3.13. The van der Waals surface area contributed by atoms with E-state index in [1.54, 1.807) is 0 Å². The Morgan fingerprint density at radius 3 is 2.31 bits per heavy atom.